The third-order valence-corrected chi connectivity index (χ3v) is 4.20. The topological polar surface area (TPSA) is 29.5 Å². The van der Waals surface area contributed by atoms with Gasteiger partial charge in [-0.15, -0.1) is 0 Å². The number of rotatable bonds is 3. The first-order chi connectivity index (χ1) is 9.38. The van der Waals surface area contributed by atoms with Crippen LogP contribution in [0.2, 0.25) is 0 Å². The van der Waals surface area contributed by atoms with E-state index in [0.717, 1.165) is 18.0 Å². The molecule has 1 amide bonds. The minimum atomic E-state index is -0.766. The summed E-state index contributed by atoms with van der Waals surface area (Å²) in [7, 11) is 0. The fourth-order valence-electron chi connectivity index (χ4n) is 2.69. The lowest BCUT2D eigenvalue weighted by Gasteiger charge is -2.39. The van der Waals surface area contributed by atoms with Gasteiger partial charge in [0.25, 0.3) is 5.91 Å². The van der Waals surface area contributed by atoms with Gasteiger partial charge >= 0.3 is 0 Å². The smallest absolute Gasteiger partial charge is 0.270 e. The maximum atomic E-state index is 12.6. The average Bonchev–Trinajstić information content (AvgIpc) is 3.17. The van der Waals surface area contributed by atoms with Crippen LogP contribution in [-0.4, -0.2) is 18.1 Å². The first-order valence-corrected chi connectivity index (χ1v) is 7.53. The molecule has 0 spiro atoms. The van der Waals surface area contributed by atoms with E-state index in [2.05, 4.69) is 26.0 Å². The average molecular weight is 273 g/mol. The van der Waals surface area contributed by atoms with Gasteiger partial charge in [0, 0.05) is 6.54 Å². The predicted molar refractivity (Wildman–Crippen MR) is 80.3 cm³/mol. The maximum Gasteiger partial charge on any atom is 0.270 e. The largest absolute Gasteiger partial charge is 0.476 e. The van der Waals surface area contributed by atoms with Gasteiger partial charge in [0.1, 0.15) is 5.75 Å². The third kappa shape index (κ3) is 2.30. The second kappa shape index (κ2) is 4.51. The summed E-state index contributed by atoms with van der Waals surface area (Å²) >= 11 is 0. The molecule has 0 saturated heterocycles. The molecule has 1 fully saturated rings. The summed E-state index contributed by atoms with van der Waals surface area (Å²) in [6.07, 6.45) is 2.48. The van der Waals surface area contributed by atoms with Crippen molar-refractivity contribution in [3.63, 3.8) is 0 Å². The number of ether oxygens (including phenoxy) is 1. The van der Waals surface area contributed by atoms with Crippen LogP contribution in [0.25, 0.3) is 0 Å². The fraction of sp³-hybridized carbons (Fsp3) is 0.588. The highest BCUT2D eigenvalue weighted by atomic mass is 16.5. The maximum absolute atomic E-state index is 12.6. The standard InChI is InChI=1S/C17H23NO2/c1-11(2)13-7-8-14-15(9-13)20-17(3,4)16(19)18(14)10-12-5-6-12/h7-9,11-12H,5-6,10H2,1-4H3. The molecule has 1 aromatic rings. The minimum Gasteiger partial charge on any atom is -0.476 e. The number of benzene rings is 1. The zero-order valence-corrected chi connectivity index (χ0v) is 12.8. The second-order valence-corrected chi connectivity index (χ2v) is 6.85. The Hall–Kier alpha value is -1.51. The fourth-order valence-corrected chi connectivity index (χ4v) is 2.69. The van der Waals surface area contributed by atoms with Crippen molar-refractivity contribution in [2.24, 2.45) is 5.92 Å². The molecule has 3 nitrogen and oxygen atoms in total. The summed E-state index contributed by atoms with van der Waals surface area (Å²) in [6, 6.07) is 6.24. The highest BCUT2D eigenvalue weighted by Gasteiger charge is 2.42. The van der Waals surface area contributed by atoms with Crippen LogP contribution in [0.3, 0.4) is 0 Å². The number of carbonyl (C=O) groups excluding carboxylic acids is 1. The number of hydrogen-bond donors (Lipinski definition) is 0. The first-order valence-electron chi connectivity index (χ1n) is 7.53. The molecule has 0 atom stereocenters. The van der Waals surface area contributed by atoms with Crippen LogP contribution in [0.5, 0.6) is 5.75 Å². The molecule has 1 aromatic carbocycles. The molecule has 0 radical (unpaired) electrons. The molecule has 0 unspecified atom stereocenters. The van der Waals surface area contributed by atoms with Crippen LogP contribution < -0.4 is 9.64 Å². The van der Waals surface area contributed by atoms with E-state index in [9.17, 15) is 4.79 Å². The van der Waals surface area contributed by atoms with Gasteiger partial charge in [-0.3, -0.25) is 4.79 Å². The van der Waals surface area contributed by atoms with Gasteiger partial charge < -0.3 is 9.64 Å². The van der Waals surface area contributed by atoms with E-state index >= 15 is 0 Å². The van der Waals surface area contributed by atoms with E-state index < -0.39 is 5.60 Å². The van der Waals surface area contributed by atoms with Crippen LogP contribution in [0.15, 0.2) is 18.2 Å². The molecule has 1 aliphatic heterocycles. The Balaban J connectivity index is 2.01. The molecule has 1 aliphatic carbocycles. The zero-order valence-electron chi connectivity index (χ0n) is 12.8. The van der Waals surface area contributed by atoms with Gasteiger partial charge in [0.05, 0.1) is 5.69 Å². The van der Waals surface area contributed by atoms with E-state index in [0.29, 0.717) is 11.8 Å². The second-order valence-electron chi connectivity index (χ2n) is 6.85. The van der Waals surface area contributed by atoms with Crippen molar-refractivity contribution in [3.05, 3.63) is 23.8 Å². The summed E-state index contributed by atoms with van der Waals surface area (Å²) in [5, 5.41) is 0. The summed E-state index contributed by atoms with van der Waals surface area (Å²) in [4.78, 5) is 14.5. The summed E-state index contributed by atoms with van der Waals surface area (Å²) in [5.41, 5.74) is 1.42. The predicted octanol–water partition coefficient (Wildman–Crippen LogP) is 3.72. The monoisotopic (exact) mass is 273 g/mol. The molecule has 3 rings (SSSR count). The molecule has 1 saturated carbocycles. The van der Waals surface area contributed by atoms with E-state index in [1.165, 1.54) is 18.4 Å². The molecule has 20 heavy (non-hydrogen) atoms. The van der Waals surface area contributed by atoms with Gasteiger partial charge in [0.15, 0.2) is 5.60 Å². The highest BCUT2D eigenvalue weighted by molar-refractivity contribution is 6.02. The van der Waals surface area contributed by atoms with Crippen molar-refractivity contribution in [1.82, 2.24) is 0 Å². The van der Waals surface area contributed by atoms with Crippen LogP contribution in [0, 0.1) is 5.92 Å². The minimum absolute atomic E-state index is 0.0780. The van der Waals surface area contributed by atoms with E-state index in [1.807, 2.05) is 24.8 Å². The van der Waals surface area contributed by atoms with Crippen molar-refractivity contribution >= 4 is 11.6 Å². The van der Waals surface area contributed by atoms with Gasteiger partial charge in [-0.1, -0.05) is 19.9 Å². The Bertz CT molecular complexity index is 544. The van der Waals surface area contributed by atoms with Gasteiger partial charge in [-0.25, -0.2) is 0 Å². The van der Waals surface area contributed by atoms with Crippen molar-refractivity contribution in [1.29, 1.82) is 0 Å². The summed E-state index contributed by atoms with van der Waals surface area (Å²) in [5.74, 6) is 2.06. The quantitative estimate of drug-likeness (QED) is 0.840. The molecule has 108 valence electrons. The van der Waals surface area contributed by atoms with E-state index in [1.54, 1.807) is 0 Å². The molecular formula is C17H23NO2. The molecule has 0 N–H and O–H groups in total. The lowest BCUT2D eigenvalue weighted by molar-refractivity contribution is -0.132. The Morgan fingerprint density at radius 2 is 2.05 bits per heavy atom. The number of fused-ring (bicyclic) bond motifs is 1. The van der Waals surface area contributed by atoms with Crippen LogP contribution >= 0.6 is 0 Å². The number of carbonyl (C=O) groups is 1. The van der Waals surface area contributed by atoms with E-state index in [4.69, 9.17) is 4.74 Å². The molecule has 1 heterocycles. The third-order valence-electron chi connectivity index (χ3n) is 4.20. The Kier molecular flexibility index (Phi) is 3.03. The lowest BCUT2D eigenvalue weighted by atomic mass is 9.99. The van der Waals surface area contributed by atoms with Crippen LogP contribution in [0.4, 0.5) is 5.69 Å². The first kappa shape index (κ1) is 13.5. The molecule has 2 aliphatic rings. The van der Waals surface area contributed by atoms with Crippen molar-refractivity contribution in [2.45, 2.75) is 52.1 Å². The van der Waals surface area contributed by atoms with Crippen molar-refractivity contribution in [3.8, 4) is 5.75 Å². The Morgan fingerprint density at radius 1 is 1.35 bits per heavy atom. The Labute approximate surface area is 120 Å². The normalized spacial score (nSPS) is 20.9. The molecule has 0 bridgehead atoms. The Morgan fingerprint density at radius 3 is 2.65 bits per heavy atom. The van der Waals surface area contributed by atoms with Gasteiger partial charge in [-0.2, -0.15) is 0 Å². The highest BCUT2D eigenvalue weighted by Crippen LogP contribution is 2.42. The number of amides is 1. The number of nitrogens with zero attached hydrogens (tertiary/aromatic N) is 1. The summed E-state index contributed by atoms with van der Waals surface area (Å²) < 4.78 is 5.96. The SMILES string of the molecule is CC(C)c1ccc2c(c1)OC(C)(C)C(=O)N2CC1CC1. The van der Waals surface area contributed by atoms with Crippen LogP contribution in [0.1, 0.15) is 52.0 Å². The molecular weight excluding hydrogens is 250 g/mol. The number of anilines is 1. The van der Waals surface area contributed by atoms with Crippen LogP contribution in [-0.2, 0) is 4.79 Å². The van der Waals surface area contributed by atoms with E-state index in [-0.39, 0.29) is 5.91 Å². The van der Waals surface area contributed by atoms with Gasteiger partial charge in [0.2, 0.25) is 0 Å². The lowest BCUT2D eigenvalue weighted by Crippen LogP contribution is -2.53. The van der Waals surface area contributed by atoms with Crippen molar-refractivity contribution < 1.29 is 9.53 Å². The molecule has 0 aromatic heterocycles. The molecule has 3 heteroatoms. The zero-order chi connectivity index (χ0) is 14.5. The number of hydrogen-bond acceptors (Lipinski definition) is 2. The van der Waals surface area contributed by atoms with Gasteiger partial charge in [-0.05, 0) is 56.2 Å². The summed E-state index contributed by atoms with van der Waals surface area (Å²) in [6.45, 7) is 8.89. The van der Waals surface area contributed by atoms with Crippen molar-refractivity contribution in [2.75, 3.05) is 11.4 Å².